The summed E-state index contributed by atoms with van der Waals surface area (Å²) in [7, 11) is 0. The van der Waals surface area contributed by atoms with Crippen molar-refractivity contribution < 1.29 is 9.90 Å². The van der Waals surface area contributed by atoms with Crippen LogP contribution >= 0.6 is 0 Å². The summed E-state index contributed by atoms with van der Waals surface area (Å²) in [4.78, 5) is 13.3. The number of para-hydroxylation sites is 1. The van der Waals surface area contributed by atoms with Crippen molar-refractivity contribution in [3.63, 3.8) is 0 Å². The molecule has 0 bridgehead atoms. The lowest BCUT2D eigenvalue weighted by Crippen LogP contribution is -2.29. The summed E-state index contributed by atoms with van der Waals surface area (Å²) in [5, 5.41) is 9.06. The second kappa shape index (κ2) is 4.65. The van der Waals surface area contributed by atoms with Crippen molar-refractivity contribution in [2.24, 2.45) is 0 Å². The van der Waals surface area contributed by atoms with Crippen LogP contribution in [0.1, 0.15) is 36.5 Å². The van der Waals surface area contributed by atoms with Gasteiger partial charge in [0.2, 0.25) is 0 Å². The molecule has 17 heavy (non-hydrogen) atoms. The van der Waals surface area contributed by atoms with E-state index in [1.54, 1.807) is 12.1 Å². The third-order valence-corrected chi connectivity index (χ3v) is 3.47. The van der Waals surface area contributed by atoms with Crippen molar-refractivity contribution in [3.8, 4) is 0 Å². The van der Waals surface area contributed by atoms with Gasteiger partial charge >= 0.3 is 5.97 Å². The van der Waals surface area contributed by atoms with Crippen molar-refractivity contribution in [2.75, 3.05) is 17.2 Å². The molecule has 0 radical (unpaired) electrons. The monoisotopic (exact) mass is 234 g/mol. The molecule has 1 aliphatic rings. The van der Waals surface area contributed by atoms with Crippen molar-refractivity contribution in [2.45, 2.75) is 32.2 Å². The van der Waals surface area contributed by atoms with Gasteiger partial charge in [0.25, 0.3) is 0 Å². The predicted octanol–water partition coefficient (Wildman–Crippen LogP) is 2.35. The zero-order chi connectivity index (χ0) is 12.4. The standard InChI is InChI=1S/C13H18N2O2/c1-2-9-5-4-8-15(9)11-7-3-6-10(12(11)14)13(16)17/h3,6-7,9H,2,4-5,8,14H2,1H3,(H,16,17). The Morgan fingerprint density at radius 3 is 3.00 bits per heavy atom. The third kappa shape index (κ3) is 2.07. The normalized spacial score (nSPS) is 19.6. The lowest BCUT2D eigenvalue weighted by Gasteiger charge is -2.27. The zero-order valence-electron chi connectivity index (χ0n) is 10.0. The molecule has 1 atom stereocenters. The van der Waals surface area contributed by atoms with E-state index in [1.807, 2.05) is 6.07 Å². The summed E-state index contributed by atoms with van der Waals surface area (Å²) in [5.41, 5.74) is 7.42. The minimum Gasteiger partial charge on any atom is -0.478 e. The van der Waals surface area contributed by atoms with Crippen molar-refractivity contribution in [1.82, 2.24) is 0 Å². The number of hydrogen-bond acceptors (Lipinski definition) is 3. The molecule has 0 aliphatic carbocycles. The van der Waals surface area contributed by atoms with E-state index in [-0.39, 0.29) is 5.56 Å². The SMILES string of the molecule is CCC1CCCN1c1cccc(C(=O)O)c1N. The number of benzene rings is 1. The predicted molar refractivity (Wildman–Crippen MR) is 68.5 cm³/mol. The number of anilines is 2. The third-order valence-electron chi connectivity index (χ3n) is 3.47. The Kier molecular flexibility index (Phi) is 3.22. The molecule has 4 heteroatoms. The van der Waals surface area contributed by atoms with E-state index in [1.165, 1.54) is 0 Å². The molecule has 1 aliphatic heterocycles. The summed E-state index contributed by atoms with van der Waals surface area (Å²) in [6.07, 6.45) is 3.37. The zero-order valence-corrected chi connectivity index (χ0v) is 10.0. The van der Waals surface area contributed by atoms with Gasteiger partial charge in [-0.2, -0.15) is 0 Å². The van der Waals surface area contributed by atoms with Gasteiger partial charge < -0.3 is 15.7 Å². The van der Waals surface area contributed by atoms with Crippen LogP contribution in [0.4, 0.5) is 11.4 Å². The molecule has 1 fully saturated rings. The summed E-state index contributed by atoms with van der Waals surface area (Å²) in [6, 6.07) is 5.72. The first-order chi connectivity index (χ1) is 8.15. The molecule has 1 aromatic rings. The molecule has 0 saturated carbocycles. The minimum atomic E-state index is -0.961. The van der Waals surface area contributed by atoms with Gasteiger partial charge in [-0.3, -0.25) is 0 Å². The average molecular weight is 234 g/mol. The molecule has 1 saturated heterocycles. The lowest BCUT2D eigenvalue weighted by atomic mass is 10.1. The maximum absolute atomic E-state index is 11.0. The maximum atomic E-state index is 11.0. The van der Waals surface area contributed by atoms with Gasteiger partial charge in [0.1, 0.15) is 0 Å². The average Bonchev–Trinajstić information content (AvgIpc) is 2.76. The molecule has 0 spiro atoms. The number of rotatable bonds is 3. The number of carbonyl (C=O) groups is 1. The summed E-state index contributed by atoms with van der Waals surface area (Å²) in [6.45, 7) is 3.12. The summed E-state index contributed by atoms with van der Waals surface area (Å²) < 4.78 is 0. The highest BCUT2D eigenvalue weighted by Crippen LogP contribution is 2.33. The van der Waals surface area contributed by atoms with E-state index in [9.17, 15) is 4.79 Å². The Morgan fingerprint density at radius 1 is 1.59 bits per heavy atom. The first kappa shape index (κ1) is 11.8. The number of nitrogens with zero attached hydrogens (tertiary/aromatic N) is 1. The van der Waals surface area contributed by atoms with Crippen molar-refractivity contribution in [3.05, 3.63) is 23.8 Å². The highest BCUT2D eigenvalue weighted by atomic mass is 16.4. The van der Waals surface area contributed by atoms with Crippen LogP contribution in [0.5, 0.6) is 0 Å². The number of hydrogen-bond donors (Lipinski definition) is 2. The lowest BCUT2D eigenvalue weighted by molar-refractivity contribution is 0.0698. The Labute approximate surface area is 101 Å². The Balaban J connectivity index is 2.38. The van der Waals surface area contributed by atoms with Crippen molar-refractivity contribution >= 4 is 17.3 Å². The molecule has 92 valence electrons. The van der Waals surface area contributed by atoms with E-state index < -0.39 is 5.97 Å². The fourth-order valence-corrected chi connectivity index (χ4v) is 2.57. The van der Waals surface area contributed by atoms with Crippen LogP contribution in [0.15, 0.2) is 18.2 Å². The molecule has 0 amide bonds. The van der Waals surface area contributed by atoms with Gasteiger partial charge in [-0.1, -0.05) is 13.0 Å². The van der Waals surface area contributed by atoms with Crippen LogP contribution in [0.25, 0.3) is 0 Å². The number of nitrogens with two attached hydrogens (primary N) is 1. The van der Waals surface area contributed by atoms with Crippen LogP contribution in [0.3, 0.4) is 0 Å². The van der Waals surface area contributed by atoms with E-state index in [0.717, 1.165) is 31.5 Å². The van der Waals surface area contributed by atoms with Crippen LogP contribution in [0.2, 0.25) is 0 Å². The molecular weight excluding hydrogens is 216 g/mol. The second-order valence-electron chi connectivity index (χ2n) is 4.44. The largest absolute Gasteiger partial charge is 0.478 e. The Hall–Kier alpha value is -1.71. The van der Waals surface area contributed by atoms with Gasteiger partial charge in [-0.05, 0) is 31.4 Å². The minimum absolute atomic E-state index is 0.198. The molecule has 4 nitrogen and oxygen atoms in total. The Bertz CT molecular complexity index is 431. The van der Waals surface area contributed by atoms with Crippen molar-refractivity contribution in [1.29, 1.82) is 0 Å². The fourth-order valence-electron chi connectivity index (χ4n) is 2.57. The van der Waals surface area contributed by atoms with Gasteiger partial charge in [0, 0.05) is 12.6 Å². The highest BCUT2D eigenvalue weighted by molar-refractivity contribution is 5.97. The highest BCUT2D eigenvalue weighted by Gasteiger charge is 2.25. The van der Waals surface area contributed by atoms with E-state index in [2.05, 4.69) is 11.8 Å². The van der Waals surface area contributed by atoms with Gasteiger partial charge in [-0.15, -0.1) is 0 Å². The van der Waals surface area contributed by atoms with Crippen LogP contribution in [0, 0.1) is 0 Å². The van der Waals surface area contributed by atoms with Crippen LogP contribution in [-0.4, -0.2) is 23.7 Å². The molecule has 2 rings (SSSR count). The molecule has 1 heterocycles. The Morgan fingerprint density at radius 2 is 2.35 bits per heavy atom. The maximum Gasteiger partial charge on any atom is 0.337 e. The molecule has 1 unspecified atom stereocenters. The van der Waals surface area contributed by atoms with Gasteiger partial charge in [-0.25, -0.2) is 4.79 Å². The molecule has 3 N–H and O–H groups in total. The fraction of sp³-hybridized carbons (Fsp3) is 0.462. The molecular formula is C13H18N2O2. The first-order valence-electron chi connectivity index (χ1n) is 6.03. The first-order valence-corrected chi connectivity index (χ1v) is 6.03. The second-order valence-corrected chi connectivity index (χ2v) is 4.44. The van der Waals surface area contributed by atoms with Gasteiger partial charge in [0.15, 0.2) is 0 Å². The van der Waals surface area contributed by atoms with Gasteiger partial charge in [0.05, 0.1) is 16.9 Å². The number of carboxylic acids is 1. The summed E-state index contributed by atoms with van der Waals surface area (Å²) >= 11 is 0. The smallest absolute Gasteiger partial charge is 0.337 e. The van der Waals surface area contributed by atoms with Crippen LogP contribution in [-0.2, 0) is 0 Å². The summed E-state index contributed by atoms with van der Waals surface area (Å²) in [5.74, 6) is -0.961. The van der Waals surface area contributed by atoms with E-state index in [4.69, 9.17) is 10.8 Å². The molecule has 1 aromatic carbocycles. The topological polar surface area (TPSA) is 66.6 Å². The van der Waals surface area contributed by atoms with Crippen LogP contribution < -0.4 is 10.6 Å². The number of nitrogen functional groups attached to an aromatic ring is 1. The number of aromatic carboxylic acids is 1. The van der Waals surface area contributed by atoms with E-state index >= 15 is 0 Å². The number of carboxylic acid groups (broad SMARTS) is 1. The quantitative estimate of drug-likeness (QED) is 0.788. The van der Waals surface area contributed by atoms with E-state index in [0.29, 0.717) is 11.7 Å². The molecule has 0 aromatic heterocycles.